The number of carbonyl (C=O) groups excluding carboxylic acids is 1. The van der Waals surface area contributed by atoms with E-state index in [2.05, 4.69) is 17.1 Å². The Kier molecular flexibility index (Phi) is 3.89. The Morgan fingerprint density at radius 1 is 1.57 bits per heavy atom. The molecule has 0 aromatic carbocycles. The SMILES string of the molecule is CCC(C)NC(=O)C(C)N1CC(N)C1. The molecule has 2 atom stereocenters. The maximum absolute atomic E-state index is 11.7. The van der Waals surface area contributed by atoms with Crippen LogP contribution in [0.4, 0.5) is 0 Å². The predicted molar refractivity (Wildman–Crippen MR) is 56.9 cm³/mol. The fourth-order valence-electron chi connectivity index (χ4n) is 1.50. The molecule has 1 fully saturated rings. The first-order valence-corrected chi connectivity index (χ1v) is 5.34. The van der Waals surface area contributed by atoms with Crippen LogP contribution in [0.15, 0.2) is 0 Å². The first-order valence-electron chi connectivity index (χ1n) is 5.34. The van der Waals surface area contributed by atoms with E-state index in [0.717, 1.165) is 19.5 Å². The van der Waals surface area contributed by atoms with Crippen molar-refractivity contribution < 1.29 is 4.79 Å². The van der Waals surface area contributed by atoms with Crippen LogP contribution in [0.3, 0.4) is 0 Å². The number of amides is 1. The van der Waals surface area contributed by atoms with Crippen molar-refractivity contribution in [2.45, 2.75) is 45.3 Å². The molecule has 0 saturated carbocycles. The van der Waals surface area contributed by atoms with Gasteiger partial charge in [0.05, 0.1) is 6.04 Å². The average molecular weight is 199 g/mol. The van der Waals surface area contributed by atoms with Crippen LogP contribution in [0.5, 0.6) is 0 Å². The molecule has 82 valence electrons. The van der Waals surface area contributed by atoms with Crippen molar-refractivity contribution in [3.8, 4) is 0 Å². The highest BCUT2D eigenvalue weighted by Gasteiger charge is 2.31. The molecule has 1 amide bonds. The van der Waals surface area contributed by atoms with Gasteiger partial charge in [0.15, 0.2) is 0 Å². The van der Waals surface area contributed by atoms with Gasteiger partial charge in [0.1, 0.15) is 0 Å². The first kappa shape index (κ1) is 11.5. The zero-order chi connectivity index (χ0) is 10.7. The van der Waals surface area contributed by atoms with Crippen LogP contribution in [0, 0.1) is 0 Å². The normalized spacial score (nSPS) is 22.6. The predicted octanol–water partition coefficient (Wildman–Crippen LogP) is -0.0675. The summed E-state index contributed by atoms with van der Waals surface area (Å²) in [5.74, 6) is 0.117. The van der Waals surface area contributed by atoms with Crippen molar-refractivity contribution in [2.24, 2.45) is 5.73 Å². The highest BCUT2D eigenvalue weighted by atomic mass is 16.2. The van der Waals surface area contributed by atoms with E-state index >= 15 is 0 Å². The molecule has 1 aliphatic rings. The number of nitrogens with two attached hydrogens (primary N) is 1. The molecule has 0 spiro atoms. The van der Waals surface area contributed by atoms with Gasteiger partial charge in [0.2, 0.25) is 5.91 Å². The van der Waals surface area contributed by atoms with Crippen molar-refractivity contribution in [2.75, 3.05) is 13.1 Å². The van der Waals surface area contributed by atoms with Crippen molar-refractivity contribution >= 4 is 5.91 Å². The van der Waals surface area contributed by atoms with Crippen LogP contribution in [0.2, 0.25) is 0 Å². The van der Waals surface area contributed by atoms with Gasteiger partial charge in [-0.25, -0.2) is 0 Å². The standard InChI is InChI=1S/C10H21N3O/c1-4-7(2)12-10(14)8(3)13-5-9(11)6-13/h7-9H,4-6,11H2,1-3H3,(H,12,14). The van der Waals surface area contributed by atoms with Gasteiger partial charge < -0.3 is 11.1 Å². The van der Waals surface area contributed by atoms with Crippen LogP contribution in [0.1, 0.15) is 27.2 Å². The molecule has 0 aromatic rings. The van der Waals surface area contributed by atoms with Crippen LogP contribution in [-0.2, 0) is 4.79 Å². The van der Waals surface area contributed by atoms with E-state index in [0.29, 0.717) is 0 Å². The van der Waals surface area contributed by atoms with Gasteiger partial charge in [-0.3, -0.25) is 9.69 Å². The van der Waals surface area contributed by atoms with Crippen molar-refractivity contribution in [1.82, 2.24) is 10.2 Å². The molecule has 1 heterocycles. The molecule has 1 rings (SSSR count). The molecule has 0 aliphatic carbocycles. The Bertz CT molecular complexity index is 202. The molecule has 2 unspecified atom stereocenters. The summed E-state index contributed by atoms with van der Waals surface area (Å²) in [7, 11) is 0. The summed E-state index contributed by atoms with van der Waals surface area (Å²) in [5.41, 5.74) is 5.66. The minimum Gasteiger partial charge on any atom is -0.352 e. The van der Waals surface area contributed by atoms with Crippen LogP contribution in [-0.4, -0.2) is 42.0 Å². The molecule has 3 N–H and O–H groups in total. The number of hydrogen-bond donors (Lipinski definition) is 2. The molecule has 1 aliphatic heterocycles. The molecule has 0 aromatic heterocycles. The summed E-state index contributed by atoms with van der Waals surface area (Å²) in [6.07, 6.45) is 0.970. The summed E-state index contributed by atoms with van der Waals surface area (Å²) in [4.78, 5) is 13.8. The number of likely N-dealkylation sites (tertiary alicyclic amines) is 1. The zero-order valence-corrected chi connectivity index (χ0v) is 9.29. The van der Waals surface area contributed by atoms with Crippen LogP contribution in [0.25, 0.3) is 0 Å². The largest absolute Gasteiger partial charge is 0.352 e. The first-order chi connectivity index (χ1) is 6.54. The molecule has 1 saturated heterocycles. The van der Waals surface area contributed by atoms with E-state index in [1.165, 1.54) is 0 Å². The Morgan fingerprint density at radius 3 is 2.57 bits per heavy atom. The fourth-order valence-corrected chi connectivity index (χ4v) is 1.50. The van der Waals surface area contributed by atoms with Crippen LogP contribution < -0.4 is 11.1 Å². The Balaban J connectivity index is 2.30. The van der Waals surface area contributed by atoms with Crippen molar-refractivity contribution in [1.29, 1.82) is 0 Å². The molecular formula is C10H21N3O. The van der Waals surface area contributed by atoms with Gasteiger partial charge in [-0.15, -0.1) is 0 Å². The third-order valence-electron chi connectivity index (χ3n) is 2.87. The third-order valence-corrected chi connectivity index (χ3v) is 2.87. The average Bonchev–Trinajstić information content (AvgIpc) is 2.11. The summed E-state index contributed by atoms with van der Waals surface area (Å²) in [6, 6.07) is 0.484. The van der Waals surface area contributed by atoms with Gasteiger partial charge in [-0.2, -0.15) is 0 Å². The number of hydrogen-bond acceptors (Lipinski definition) is 3. The van der Waals surface area contributed by atoms with Gasteiger partial charge in [0, 0.05) is 25.2 Å². The van der Waals surface area contributed by atoms with E-state index < -0.39 is 0 Å². The molecule has 4 nitrogen and oxygen atoms in total. The smallest absolute Gasteiger partial charge is 0.237 e. The number of nitrogens with one attached hydrogen (secondary N) is 1. The van der Waals surface area contributed by atoms with E-state index in [4.69, 9.17) is 5.73 Å². The maximum Gasteiger partial charge on any atom is 0.237 e. The van der Waals surface area contributed by atoms with E-state index in [1.54, 1.807) is 0 Å². The number of rotatable bonds is 4. The Morgan fingerprint density at radius 2 is 2.14 bits per heavy atom. The lowest BCUT2D eigenvalue weighted by Crippen LogP contribution is -2.62. The second kappa shape index (κ2) is 4.75. The highest BCUT2D eigenvalue weighted by molar-refractivity contribution is 5.81. The summed E-state index contributed by atoms with van der Waals surface area (Å²) >= 11 is 0. The van der Waals surface area contributed by atoms with Gasteiger partial charge >= 0.3 is 0 Å². The minimum atomic E-state index is -0.0381. The van der Waals surface area contributed by atoms with E-state index in [9.17, 15) is 4.79 Å². The molecule has 0 bridgehead atoms. The topological polar surface area (TPSA) is 58.4 Å². The Labute approximate surface area is 85.8 Å². The zero-order valence-electron chi connectivity index (χ0n) is 9.29. The van der Waals surface area contributed by atoms with E-state index in [-0.39, 0.29) is 24.0 Å². The molecule has 0 radical (unpaired) electrons. The lowest BCUT2D eigenvalue weighted by Gasteiger charge is -2.40. The van der Waals surface area contributed by atoms with E-state index in [1.807, 2.05) is 13.8 Å². The van der Waals surface area contributed by atoms with Crippen molar-refractivity contribution in [3.63, 3.8) is 0 Å². The summed E-state index contributed by atoms with van der Waals surface area (Å²) in [6.45, 7) is 7.70. The molecule has 14 heavy (non-hydrogen) atoms. The summed E-state index contributed by atoms with van der Waals surface area (Å²) < 4.78 is 0. The Hall–Kier alpha value is -0.610. The number of carbonyl (C=O) groups is 1. The second-order valence-electron chi connectivity index (χ2n) is 4.21. The summed E-state index contributed by atoms with van der Waals surface area (Å²) in [5, 5.41) is 2.97. The second-order valence-corrected chi connectivity index (χ2v) is 4.21. The van der Waals surface area contributed by atoms with Gasteiger partial charge in [-0.05, 0) is 20.3 Å². The molecular weight excluding hydrogens is 178 g/mol. The quantitative estimate of drug-likeness (QED) is 0.666. The third kappa shape index (κ3) is 2.69. The fraction of sp³-hybridized carbons (Fsp3) is 0.900. The lowest BCUT2D eigenvalue weighted by molar-refractivity contribution is -0.128. The van der Waals surface area contributed by atoms with Crippen LogP contribution >= 0.6 is 0 Å². The van der Waals surface area contributed by atoms with Crippen molar-refractivity contribution in [3.05, 3.63) is 0 Å². The number of nitrogens with zero attached hydrogens (tertiary/aromatic N) is 1. The highest BCUT2D eigenvalue weighted by Crippen LogP contribution is 2.10. The van der Waals surface area contributed by atoms with Gasteiger partial charge in [0.25, 0.3) is 0 Å². The van der Waals surface area contributed by atoms with Gasteiger partial charge in [-0.1, -0.05) is 6.92 Å². The molecule has 4 heteroatoms. The monoisotopic (exact) mass is 199 g/mol. The minimum absolute atomic E-state index is 0.0381. The lowest BCUT2D eigenvalue weighted by atomic mass is 10.1. The maximum atomic E-state index is 11.7.